The molecule has 0 atom stereocenters. The maximum atomic E-state index is 12.3. The number of halogens is 1. The number of carbonyl (C=O) groups is 1. The number of carbonyl (C=O) groups excluding carboxylic acids is 1. The van der Waals surface area contributed by atoms with E-state index in [0.717, 1.165) is 30.3 Å². The number of alkyl halides is 1. The Morgan fingerprint density at radius 1 is 1.06 bits per heavy atom. The molecule has 0 aliphatic heterocycles. The Morgan fingerprint density at radius 2 is 1.81 bits per heavy atom. The molecule has 0 fully saturated rings. The molecule has 32 heavy (non-hydrogen) atoms. The van der Waals surface area contributed by atoms with Crippen molar-refractivity contribution < 1.29 is 14.3 Å². The number of fused-ring (bicyclic) bond motifs is 1. The van der Waals surface area contributed by atoms with Crippen LogP contribution in [0.2, 0.25) is 0 Å². The molecular weight excluding hydrogens is 559 g/mol. The number of hydrogen-bond acceptors (Lipinski definition) is 7. The summed E-state index contributed by atoms with van der Waals surface area (Å²) in [7, 11) is 3.21. The van der Waals surface area contributed by atoms with Crippen LogP contribution in [-0.4, -0.2) is 30.2 Å². The molecule has 0 radical (unpaired) electrons. The summed E-state index contributed by atoms with van der Waals surface area (Å²) in [6.45, 7) is 0. The van der Waals surface area contributed by atoms with E-state index in [0.29, 0.717) is 16.5 Å². The van der Waals surface area contributed by atoms with Crippen LogP contribution < -0.4 is 20.1 Å². The molecule has 0 saturated heterocycles. The van der Waals surface area contributed by atoms with Gasteiger partial charge in [0.05, 0.1) is 25.9 Å². The van der Waals surface area contributed by atoms with Gasteiger partial charge in [-0.1, -0.05) is 57.8 Å². The number of pyridine rings is 1. The van der Waals surface area contributed by atoms with Crippen molar-refractivity contribution in [2.75, 3.05) is 24.9 Å². The number of benzene rings is 2. The molecule has 4 rings (SSSR count). The SMILES string of the molecule is COc1cc2nccc(Sc3ncc(NC(=O)Nc4ccc(CI)cc4)s3)c2cc1OC. The molecule has 2 heterocycles. The van der Waals surface area contributed by atoms with Crippen molar-refractivity contribution >= 4 is 73.3 Å². The number of ether oxygens (including phenoxy) is 2. The molecule has 2 N–H and O–H groups in total. The monoisotopic (exact) mass is 578 g/mol. The second kappa shape index (κ2) is 10.4. The van der Waals surface area contributed by atoms with Crippen LogP contribution in [0.5, 0.6) is 11.5 Å². The standard InChI is InChI=1S/C22H19IN4O3S2/c1-29-17-9-15-16(10-18(17)30-2)24-8-7-19(15)31-22-25-12-20(32-22)27-21(28)26-14-5-3-13(11-23)4-6-14/h3-10,12H,11H2,1-2H3,(H2,26,27,28). The predicted octanol–water partition coefficient (Wildman–Crippen LogP) is 6.44. The van der Waals surface area contributed by atoms with Crippen LogP contribution >= 0.6 is 45.7 Å². The summed E-state index contributed by atoms with van der Waals surface area (Å²) < 4.78 is 12.5. The predicted molar refractivity (Wildman–Crippen MR) is 138 cm³/mol. The maximum Gasteiger partial charge on any atom is 0.324 e. The summed E-state index contributed by atoms with van der Waals surface area (Å²) >= 11 is 5.21. The zero-order chi connectivity index (χ0) is 22.5. The van der Waals surface area contributed by atoms with Gasteiger partial charge in [-0.15, -0.1) is 0 Å². The van der Waals surface area contributed by atoms with Crippen molar-refractivity contribution in [3.63, 3.8) is 0 Å². The molecule has 2 aromatic carbocycles. The van der Waals surface area contributed by atoms with Gasteiger partial charge in [-0.3, -0.25) is 10.3 Å². The Hall–Kier alpha value is -2.57. The highest BCUT2D eigenvalue weighted by Crippen LogP contribution is 2.40. The maximum absolute atomic E-state index is 12.3. The van der Waals surface area contributed by atoms with E-state index in [4.69, 9.17) is 9.47 Å². The van der Waals surface area contributed by atoms with Crippen LogP contribution in [0.4, 0.5) is 15.5 Å². The Morgan fingerprint density at radius 3 is 2.53 bits per heavy atom. The topological polar surface area (TPSA) is 85.4 Å². The van der Waals surface area contributed by atoms with Gasteiger partial charge in [-0.25, -0.2) is 9.78 Å². The zero-order valence-corrected chi connectivity index (χ0v) is 21.0. The molecule has 2 aromatic heterocycles. The van der Waals surface area contributed by atoms with E-state index in [-0.39, 0.29) is 6.03 Å². The van der Waals surface area contributed by atoms with E-state index >= 15 is 0 Å². The van der Waals surface area contributed by atoms with Crippen molar-refractivity contribution in [3.05, 3.63) is 60.4 Å². The molecule has 10 heteroatoms. The van der Waals surface area contributed by atoms with Crippen LogP contribution in [-0.2, 0) is 4.43 Å². The van der Waals surface area contributed by atoms with E-state index in [2.05, 4.69) is 43.2 Å². The lowest BCUT2D eigenvalue weighted by Crippen LogP contribution is -2.18. The smallest absolute Gasteiger partial charge is 0.324 e. The molecular formula is C22H19IN4O3S2. The molecule has 0 aliphatic carbocycles. The summed E-state index contributed by atoms with van der Waals surface area (Å²) in [5, 5.41) is 7.27. The third-order valence-corrected chi connectivity index (χ3v) is 7.44. The first-order valence-corrected chi connectivity index (χ1v) is 12.6. The molecule has 2 amide bonds. The van der Waals surface area contributed by atoms with Gasteiger partial charge in [-0.2, -0.15) is 0 Å². The van der Waals surface area contributed by atoms with E-state index in [1.807, 2.05) is 42.5 Å². The summed E-state index contributed by atoms with van der Waals surface area (Å²) in [4.78, 5) is 22.2. The highest BCUT2D eigenvalue weighted by Gasteiger charge is 2.13. The van der Waals surface area contributed by atoms with Gasteiger partial charge in [0.25, 0.3) is 0 Å². The van der Waals surface area contributed by atoms with Gasteiger partial charge < -0.3 is 14.8 Å². The van der Waals surface area contributed by atoms with Gasteiger partial charge >= 0.3 is 6.03 Å². The number of methoxy groups -OCH3 is 2. The first kappa shape index (κ1) is 22.6. The highest BCUT2D eigenvalue weighted by molar-refractivity contribution is 14.1. The van der Waals surface area contributed by atoms with E-state index in [1.54, 1.807) is 26.6 Å². The summed E-state index contributed by atoms with van der Waals surface area (Å²) in [5.74, 6) is 1.27. The third-order valence-electron chi connectivity index (χ3n) is 4.49. The lowest BCUT2D eigenvalue weighted by atomic mass is 10.2. The fourth-order valence-electron chi connectivity index (χ4n) is 2.95. The van der Waals surface area contributed by atoms with Crippen LogP contribution in [0.3, 0.4) is 0 Å². The Labute approximate surface area is 207 Å². The van der Waals surface area contributed by atoms with Crippen molar-refractivity contribution in [3.8, 4) is 11.5 Å². The van der Waals surface area contributed by atoms with Gasteiger partial charge in [0.2, 0.25) is 0 Å². The number of hydrogen-bond donors (Lipinski definition) is 2. The minimum absolute atomic E-state index is 0.307. The fourth-order valence-corrected chi connectivity index (χ4v) is 5.40. The van der Waals surface area contributed by atoms with Crippen LogP contribution in [0.1, 0.15) is 5.56 Å². The summed E-state index contributed by atoms with van der Waals surface area (Å²) in [5.41, 5.74) is 2.75. The van der Waals surface area contributed by atoms with Crippen LogP contribution in [0, 0.1) is 0 Å². The second-order valence-corrected chi connectivity index (χ2v) is 9.62. The van der Waals surface area contributed by atoms with Gasteiger partial charge in [-0.05, 0) is 29.8 Å². The molecule has 0 bridgehead atoms. The molecule has 0 spiro atoms. The zero-order valence-electron chi connectivity index (χ0n) is 17.2. The molecule has 0 aliphatic rings. The minimum atomic E-state index is -0.307. The van der Waals surface area contributed by atoms with Crippen molar-refractivity contribution in [2.24, 2.45) is 0 Å². The molecule has 7 nitrogen and oxygen atoms in total. The first-order valence-electron chi connectivity index (χ1n) is 9.47. The molecule has 164 valence electrons. The summed E-state index contributed by atoms with van der Waals surface area (Å²) in [6.07, 6.45) is 3.40. The van der Waals surface area contributed by atoms with Crippen molar-refractivity contribution in [1.82, 2.24) is 9.97 Å². The Kier molecular flexibility index (Phi) is 7.33. The number of nitrogens with one attached hydrogen (secondary N) is 2. The number of urea groups is 1. The summed E-state index contributed by atoms with van der Waals surface area (Å²) in [6, 6.07) is 13.1. The highest BCUT2D eigenvalue weighted by atomic mass is 127. The van der Waals surface area contributed by atoms with E-state index < -0.39 is 0 Å². The number of nitrogens with zero attached hydrogens (tertiary/aromatic N) is 2. The van der Waals surface area contributed by atoms with E-state index in [1.165, 1.54) is 28.7 Å². The fraction of sp³-hybridized carbons (Fsp3) is 0.136. The number of aromatic nitrogens is 2. The average molecular weight is 578 g/mol. The van der Waals surface area contributed by atoms with Crippen molar-refractivity contribution in [2.45, 2.75) is 13.7 Å². The first-order chi connectivity index (χ1) is 15.6. The van der Waals surface area contributed by atoms with Gasteiger partial charge in [0.1, 0.15) is 5.00 Å². The minimum Gasteiger partial charge on any atom is -0.493 e. The van der Waals surface area contributed by atoms with Crippen LogP contribution in [0.25, 0.3) is 10.9 Å². The number of rotatable bonds is 7. The normalized spacial score (nSPS) is 10.7. The third kappa shape index (κ3) is 5.25. The number of thiazole rings is 1. The molecule has 0 saturated carbocycles. The van der Waals surface area contributed by atoms with Gasteiger partial charge in [0.15, 0.2) is 15.8 Å². The Bertz CT molecular complexity index is 1250. The molecule has 4 aromatic rings. The largest absolute Gasteiger partial charge is 0.493 e. The Balaban J connectivity index is 1.47. The number of amides is 2. The van der Waals surface area contributed by atoms with Gasteiger partial charge in [0, 0.05) is 32.7 Å². The second-order valence-electron chi connectivity index (χ2n) is 6.54. The number of anilines is 2. The van der Waals surface area contributed by atoms with Crippen LogP contribution in [0.15, 0.2) is 64.1 Å². The lowest BCUT2D eigenvalue weighted by Gasteiger charge is -2.10. The lowest BCUT2D eigenvalue weighted by molar-refractivity contribution is 0.262. The van der Waals surface area contributed by atoms with E-state index in [9.17, 15) is 4.79 Å². The quantitative estimate of drug-likeness (QED) is 0.194. The average Bonchev–Trinajstić information content (AvgIpc) is 3.25. The van der Waals surface area contributed by atoms with Crippen molar-refractivity contribution in [1.29, 1.82) is 0 Å². The molecule has 0 unspecified atom stereocenters.